The molecule has 1 atom stereocenters. The van der Waals surface area contributed by atoms with Crippen LogP contribution in [0.15, 0.2) is 24.4 Å². The molecule has 1 aliphatic rings. The van der Waals surface area contributed by atoms with Crippen molar-refractivity contribution in [2.75, 3.05) is 24.3 Å². The van der Waals surface area contributed by atoms with Crippen LogP contribution < -0.4 is 15.5 Å². The van der Waals surface area contributed by atoms with E-state index in [0.29, 0.717) is 18.5 Å². The minimum Gasteiger partial charge on any atom is -0.378 e. The van der Waals surface area contributed by atoms with Gasteiger partial charge in [0.2, 0.25) is 0 Å². The normalized spacial score (nSPS) is 16.7. The van der Waals surface area contributed by atoms with Crippen molar-refractivity contribution in [3.8, 4) is 0 Å². The fraction of sp³-hybridized carbons (Fsp3) is 0.412. The van der Waals surface area contributed by atoms with Gasteiger partial charge in [0.1, 0.15) is 0 Å². The van der Waals surface area contributed by atoms with E-state index in [1.165, 1.54) is 12.1 Å². The number of nitrogens with zero attached hydrogens (tertiary/aromatic N) is 2. The number of carbonyl (C=O) groups is 1. The fourth-order valence-electron chi connectivity index (χ4n) is 3.04. The van der Waals surface area contributed by atoms with Crippen molar-refractivity contribution in [2.45, 2.75) is 31.5 Å². The molecule has 1 aliphatic carbocycles. The summed E-state index contributed by atoms with van der Waals surface area (Å²) in [4.78, 5) is 13.8. The SMILES string of the molecule is CN(C)c1ccc(NC(=O)NC2CCc3[nH]ncc3C2)c(C(F)(F)F)c1. The third kappa shape index (κ3) is 3.92. The third-order valence-corrected chi connectivity index (χ3v) is 4.42. The van der Waals surface area contributed by atoms with Crippen LogP contribution in [0, 0.1) is 0 Å². The Bertz CT molecular complexity index is 800. The summed E-state index contributed by atoms with van der Waals surface area (Å²) in [6.07, 6.45) is -0.807. The van der Waals surface area contributed by atoms with E-state index in [0.717, 1.165) is 23.7 Å². The molecule has 0 aliphatic heterocycles. The van der Waals surface area contributed by atoms with Crippen molar-refractivity contribution in [1.29, 1.82) is 0 Å². The molecular formula is C17H20F3N5O. The highest BCUT2D eigenvalue weighted by Gasteiger charge is 2.34. The standard InChI is InChI=1S/C17H20F3N5O/c1-25(2)12-4-6-15(13(8-12)17(18,19)20)23-16(26)22-11-3-5-14-10(7-11)9-21-24-14/h4,6,8-9,11H,3,5,7H2,1-2H3,(H,21,24)(H2,22,23,26). The van der Waals surface area contributed by atoms with E-state index in [1.807, 2.05) is 0 Å². The summed E-state index contributed by atoms with van der Waals surface area (Å²) in [7, 11) is 3.31. The second-order valence-corrected chi connectivity index (χ2v) is 6.53. The van der Waals surface area contributed by atoms with Crippen molar-refractivity contribution in [3.05, 3.63) is 41.2 Å². The van der Waals surface area contributed by atoms with E-state index in [2.05, 4.69) is 20.8 Å². The minimum atomic E-state index is -4.56. The molecule has 0 bridgehead atoms. The van der Waals surface area contributed by atoms with E-state index in [1.54, 1.807) is 25.2 Å². The van der Waals surface area contributed by atoms with Gasteiger partial charge in [-0.3, -0.25) is 5.10 Å². The Balaban J connectivity index is 1.71. The van der Waals surface area contributed by atoms with Gasteiger partial charge in [-0.05, 0) is 43.0 Å². The highest BCUT2D eigenvalue weighted by Crippen LogP contribution is 2.37. The van der Waals surface area contributed by atoms with Crippen LogP contribution in [0.5, 0.6) is 0 Å². The molecule has 0 radical (unpaired) electrons. The van der Waals surface area contributed by atoms with Crippen molar-refractivity contribution in [2.24, 2.45) is 0 Å². The molecule has 1 heterocycles. The summed E-state index contributed by atoms with van der Waals surface area (Å²) >= 11 is 0. The molecule has 140 valence electrons. The number of aryl methyl sites for hydroxylation is 1. The number of benzene rings is 1. The highest BCUT2D eigenvalue weighted by molar-refractivity contribution is 5.90. The number of hydrogen-bond acceptors (Lipinski definition) is 3. The zero-order valence-electron chi connectivity index (χ0n) is 14.4. The number of aromatic nitrogens is 2. The largest absolute Gasteiger partial charge is 0.418 e. The number of carbonyl (C=O) groups excluding carboxylic acids is 1. The molecular weight excluding hydrogens is 347 g/mol. The molecule has 3 N–H and O–H groups in total. The second-order valence-electron chi connectivity index (χ2n) is 6.53. The molecule has 0 saturated heterocycles. The molecule has 0 saturated carbocycles. The van der Waals surface area contributed by atoms with Crippen molar-refractivity contribution in [3.63, 3.8) is 0 Å². The predicted molar refractivity (Wildman–Crippen MR) is 92.3 cm³/mol. The van der Waals surface area contributed by atoms with Gasteiger partial charge in [-0.15, -0.1) is 0 Å². The number of fused-ring (bicyclic) bond motifs is 1. The average Bonchev–Trinajstić information content (AvgIpc) is 3.01. The molecule has 9 heteroatoms. The first kappa shape index (κ1) is 18.1. The Labute approximate surface area is 148 Å². The van der Waals surface area contributed by atoms with Crippen molar-refractivity contribution in [1.82, 2.24) is 15.5 Å². The van der Waals surface area contributed by atoms with Gasteiger partial charge in [0.15, 0.2) is 0 Å². The molecule has 0 spiro atoms. The summed E-state index contributed by atoms with van der Waals surface area (Å²) in [5.41, 5.74) is 1.33. The lowest BCUT2D eigenvalue weighted by Gasteiger charge is -2.24. The number of rotatable bonds is 3. The number of aromatic amines is 1. The van der Waals surface area contributed by atoms with Gasteiger partial charge in [-0.2, -0.15) is 18.3 Å². The lowest BCUT2D eigenvalue weighted by atomic mass is 9.94. The van der Waals surface area contributed by atoms with Crippen molar-refractivity contribution < 1.29 is 18.0 Å². The highest BCUT2D eigenvalue weighted by atomic mass is 19.4. The summed E-state index contributed by atoms with van der Waals surface area (Å²) in [6, 6.07) is 3.03. The minimum absolute atomic E-state index is 0.143. The summed E-state index contributed by atoms with van der Waals surface area (Å²) in [6.45, 7) is 0. The van der Waals surface area contributed by atoms with Crippen LogP contribution in [-0.4, -0.2) is 36.4 Å². The Hall–Kier alpha value is -2.71. The van der Waals surface area contributed by atoms with Crippen molar-refractivity contribution >= 4 is 17.4 Å². The molecule has 3 rings (SSSR count). The van der Waals surface area contributed by atoms with Gasteiger partial charge in [-0.25, -0.2) is 4.79 Å². The number of nitrogens with one attached hydrogen (secondary N) is 3. The third-order valence-electron chi connectivity index (χ3n) is 4.42. The van der Waals surface area contributed by atoms with Crippen LogP contribution >= 0.6 is 0 Å². The molecule has 2 amide bonds. The zero-order valence-corrected chi connectivity index (χ0v) is 14.4. The van der Waals surface area contributed by atoms with Gasteiger partial charge >= 0.3 is 12.2 Å². The lowest BCUT2D eigenvalue weighted by Crippen LogP contribution is -2.41. The van der Waals surface area contributed by atoms with Gasteiger partial charge < -0.3 is 15.5 Å². The Morgan fingerprint density at radius 1 is 1.35 bits per heavy atom. The molecule has 6 nitrogen and oxygen atoms in total. The van der Waals surface area contributed by atoms with Crippen LogP contribution in [-0.2, 0) is 19.0 Å². The van der Waals surface area contributed by atoms with E-state index in [4.69, 9.17) is 0 Å². The Kier molecular flexibility index (Phi) is 4.80. The first-order valence-corrected chi connectivity index (χ1v) is 8.21. The van der Waals surface area contributed by atoms with E-state index in [-0.39, 0.29) is 11.7 Å². The van der Waals surface area contributed by atoms with Crippen LogP contribution in [0.25, 0.3) is 0 Å². The first-order chi connectivity index (χ1) is 12.2. The quantitative estimate of drug-likeness (QED) is 0.780. The topological polar surface area (TPSA) is 73.1 Å². The van der Waals surface area contributed by atoms with Crippen LogP contribution in [0.4, 0.5) is 29.3 Å². The van der Waals surface area contributed by atoms with E-state index < -0.39 is 17.8 Å². The van der Waals surface area contributed by atoms with Crippen LogP contribution in [0.2, 0.25) is 0 Å². The summed E-state index contributed by atoms with van der Waals surface area (Å²) in [5, 5.41) is 11.9. The number of anilines is 2. The fourth-order valence-corrected chi connectivity index (χ4v) is 3.04. The predicted octanol–water partition coefficient (Wildman–Crippen LogP) is 3.17. The van der Waals surface area contributed by atoms with E-state index >= 15 is 0 Å². The molecule has 1 aromatic carbocycles. The smallest absolute Gasteiger partial charge is 0.378 e. The molecule has 1 unspecified atom stereocenters. The number of urea groups is 1. The van der Waals surface area contributed by atoms with Crippen LogP contribution in [0.1, 0.15) is 23.2 Å². The van der Waals surface area contributed by atoms with Gasteiger partial charge in [0, 0.05) is 31.5 Å². The molecule has 26 heavy (non-hydrogen) atoms. The maximum atomic E-state index is 13.3. The summed E-state index contributed by atoms with van der Waals surface area (Å²) < 4.78 is 40.0. The van der Waals surface area contributed by atoms with Crippen LogP contribution in [0.3, 0.4) is 0 Å². The van der Waals surface area contributed by atoms with Gasteiger partial charge in [-0.1, -0.05) is 0 Å². The monoisotopic (exact) mass is 367 g/mol. The Morgan fingerprint density at radius 2 is 2.12 bits per heavy atom. The lowest BCUT2D eigenvalue weighted by molar-refractivity contribution is -0.136. The maximum absolute atomic E-state index is 13.3. The Morgan fingerprint density at radius 3 is 2.81 bits per heavy atom. The average molecular weight is 367 g/mol. The van der Waals surface area contributed by atoms with E-state index in [9.17, 15) is 18.0 Å². The summed E-state index contributed by atoms with van der Waals surface area (Å²) in [5.74, 6) is 0. The number of alkyl halides is 3. The number of amides is 2. The molecule has 2 aromatic rings. The number of halogens is 3. The number of hydrogen-bond donors (Lipinski definition) is 3. The molecule has 0 fully saturated rings. The van der Waals surface area contributed by atoms with Gasteiger partial charge in [0.05, 0.1) is 17.4 Å². The first-order valence-electron chi connectivity index (χ1n) is 8.21. The molecule has 1 aromatic heterocycles. The zero-order chi connectivity index (χ0) is 18.9. The maximum Gasteiger partial charge on any atom is 0.418 e. The number of H-pyrrole nitrogens is 1. The van der Waals surface area contributed by atoms with Gasteiger partial charge in [0.25, 0.3) is 0 Å². The second kappa shape index (κ2) is 6.89.